The van der Waals surface area contributed by atoms with Gasteiger partial charge in [0.1, 0.15) is 18.0 Å². The van der Waals surface area contributed by atoms with Gasteiger partial charge in [-0.05, 0) is 66.4 Å². The van der Waals surface area contributed by atoms with Gasteiger partial charge < -0.3 is 14.8 Å². The average molecular weight is 406 g/mol. The van der Waals surface area contributed by atoms with Crippen LogP contribution in [-0.2, 0) is 17.8 Å². The van der Waals surface area contributed by atoms with E-state index < -0.39 is 11.7 Å². The monoisotopic (exact) mass is 405 g/mol. The molecule has 0 aliphatic carbocycles. The Morgan fingerprint density at radius 1 is 1.08 bits per heavy atom. The molecule has 1 N–H and O–H groups in total. The van der Waals surface area contributed by atoms with Crippen molar-refractivity contribution < 1.29 is 14.3 Å². The molecule has 2 rings (SSSR count). The van der Waals surface area contributed by atoms with Gasteiger partial charge in [0.15, 0.2) is 0 Å². The zero-order chi connectivity index (χ0) is 18.3. The molecule has 0 aliphatic heterocycles. The first-order valence-electron chi connectivity index (χ1n) is 8.25. The molecule has 0 saturated carbocycles. The first kappa shape index (κ1) is 19.3. The average Bonchev–Trinajstić information content (AvgIpc) is 2.54. The molecule has 134 valence electrons. The van der Waals surface area contributed by atoms with Crippen molar-refractivity contribution in [2.24, 2.45) is 0 Å². The minimum Gasteiger partial charge on any atom is -0.488 e. The topological polar surface area (TPSA) is 47.6 Å². The quantitative estimate of drug-likeness (QED) is 0.727. The van der Waals surface area contributed by atoms with Crippen molar-refractivity contribution in [3.8, 4) is 5.75 Å². The van der Waals surface area contributed by atoms with Crippen molar-refractivity contribution in [3.63, 3.8) is 0 Å². The number of halogens is 1. The SMILES string of the molecule is CC(C)(C)OC(=O)NCCc1ccc(Br)c(OCc2ccccc2)c1. The lowest BCUT2D eigenvalue weighted by molar-refractivity contribution is 0.0528. The number of hydrogen-bond acceptors (Lipinski definition) is 3. The Hall–Kier alpha value is -2.01. The van der Waals surface area contributed by atoms with Gasteiger partial charge in [0.2, 0.25) is 0 Å². The van der Waals surface area contributed by atoms with E-state index in [0.717, 1.165) is 21.3 Å². The maximum absolute atomic E-state index is 11.7. The van der Waals surface area contributed by atoms with Crippen LogP contribution in [0.1, 0.15) is 31.9 Å². The van der Waals surface area contributed by atoms with E-state index in [1.165, 1.54) is 0 Å². The molecule has 0 unspecified atom stereocenters. The lowest BCUT2D eigenvalue weighted by Gasteiger charge is -2.19. The maximum Gasteiger partial charge on any atom is 0.407 e. The number of carbonyl (C=O) groups excluding carboxylic acids is 1. The first-order chi connectivity index (χ1) is 11.8. The van der Waals surface area contributed by atoms with Gasteiger partial charge in [0, 0.05) is 6.54 Å². The van der Waals surface area contributed by atoms with E-state index in [0.29, 0.717) is 19.6 Å². The molecule has 0 saturated heterocycles. The van der Waals surface area contributed by atoms with E-state index in [1.54, 1.807) is 0 Å². The summed E-state index contributed by atoms with van der Waals surface area (Å²) in [6.07, 6.45) is 0.305. The van der Waals surface area contributed by atoms with Gasteiger partial charge in [-0.15, -0.1) is 0 Å². The van der Waals surface area contributed by atoms with Crippen LogP contribution in [0.4, 0.5) is 4.79 Å². The van der Waals surface area contributed by atoms with Crippen LogP contribution < -0.4 is 10.1 Å². The Labute approximate surface area is 157 Å². The van der Waals surface area contributed by atoms with Crippen LogP contribution in [0.2, 0.25) is 0 Å². The zero-order valence-electron chi connectivity index (χ0n) is 14.8. The van der Waals surface area contributed by atoms with Crippen molar-refractivity contribution in [2.75, 3.05) is 6.54 Å². The Balaban J connectivity index is 1.87. The molecule has 2 aromatic carbocycles. The molecule has 0 bridgehead atoms. The molecule has 25 heavy (non-hydrogen) atoms. The molecule has 0 aromatic heterocycles. The predicted molar refractivity (Wildman–Crippen MR) is 103 cm³/mol. The molecular weight excluding hydrogens is 382 g/mol. The smallest absolute Gasteiger partial charge is 0.407 e. The van der Waals surface area contributed by atoms with E-state index >= 15 is 0 Å². The van der Waals surface area contributed by atoms with Crippen LogP contribution in [0.5, 0.6) is 5.75 Å². The normalized spacial score (nSPS) is 11.0. The van der Waals surface area contributed by atoms with E-state index in [4.69, 9.17) is 9.47 Å². The van der Waals surface area contributed by atoms with Gasteiger partial charge in [0.25, 0.3) is 0 Å². The van der Waals surface area contributed by atoms with Crippen molar-refractivity contribution in [1.82, 2.24) is 5.32 Å². The van der Waals surface area contributed by atoms with Crippen molar-refractivity contribution >= 4 is 22.0 Å². The summed E-state index contributed by atoms with van der Waals surface area (Å²) >= 11 is 3.51. The largest absolute Gasteiger partial charge is 0.488 e. The lowest BCUT2D eigenvalue weighted by atomic mass is 10.1. The zero-order valence-corrected chi connectivity index (χ0v) is 16.4. The summed E-state index contributed by atoms with van der Waals surface area (Å²) in [5, 5.41) is 2.77. The molecule has 4 nitrogen and oxygen atoms in total. The van der Waals surface area contributed by atoms with Crippen molar-refractivity contribution in [1.29, 1.82) is 0 Å². The van der Waals surface area contributed by atoms with Crippen LogP contribution >= 0.6 is 15.9 Å². The second-order valence-electron chi connectivity index (χ2n) is 6.72. The minimum absolute atomic E-state index is 0.398. The molecule has 2 aromatic rings. The van der Waals surface area contributed by atoms with Crippen LogP contribution in [0.25, 0.3) is 0 Å². The number of benzene rings is 2. The second kappa shape index (κ2) is 8.90. The molecule has 0 radical (unpaired) electrons. The highest BCUT2D eigenvalue weighted by molar-refractivity contribution is 9.10. The summed E-state index contributed by atoms with van der Waals surface area (Å²) in [7, 11) is 0. The highest BCUT2D eigenvalue weighted by Gasteiger charge is 2.15. The van der Waals surface area contributed by atoms with E-state index in [1.807, 2.05) is 69.3 Å². The Morgan fingerprint density at radius 2 is 1.80 bits per heavy atom. The molecular formula is C20H24BrNO3. The first-order valence-corrected chi connectivity index (χ1v) is 9.05. The molecule has 0 fully saturated rings. The Morgan fingerprint density at radius 3 is 2.48 bits per heavy atom. The van der Waals surface area contributed by atoms with E-state index in [2.05, 4.69) is 21.2 Å². The number of alkyl carbamates (subject to hydrolysis) is 1. The van der Waals surface area contributed by atoms with Crippen LogP contribution in [0.15, 0.2) is 53.0 Å². The van der Waals surface area contributed by atoms with Gasteiger partial charge in [-0.25, -0.2) is 4.79 Å². The third-order valence-corrected chi connectivity index (χ3v) is 3.97. The fraction of sp³-hybridized carbons (Fsp3) is 0.350. The molecule has 1 amide bonds. The number of rotatable bonds is 6. The fourth-order valence-electron chi connectivity index (χ4n) is 2.17. The van der Waals surface area contributed by atoms with Gasteiger partial charge in [-0.3, -0.25) is 0 Å². The highest BCUT2D eigenvalue weighted by atomic mass is 79.9. The third kappa shape index (κ3) is 7.18. The van der Waals surface area contributed by atoms with Gasteiger partial charge in [0.05, 0.1) is 4.47 Å². The summed E-state index contributed by atoms with van der Waals surface area (Å²) in [4.78, 5) is 11.7. The molecule has 5 heteroatoms. The van der Waals surface area contributed by atoms with Crippen LogP contribution in [0, 0.1) is 0 Å². The summed E-state index contributed by atoms with van der Waals surface area (Å²) in [6.45, 7) is 6.56. The number of nitrogens with one attached hydrogen (secondary N) is 1. The van der Waals surface area contributed by atoms with Gasteiger partial charge >= 0.3 is 6.09 Å². The number of ether oxygens (including phenoxy) is 2. The van der Waals surface area contributed by atoms with Crippen LogP contribution in [-0.4, -0.2) is 18.2 Å². The molecule has 0 atom stereocenters. The summed E-state index contributed by atoms with van der Waals surface area (Å²) < 4.78 is 12.0. The van der Waals surface area contributed by atoms with E-state index in [9.17, 15) is 4.79 Å². The standard InChI is InChI=1S/C20H24BrNO3/c1-20(2,3)25-19(23)22-12-11-15-9-10-17(21)18(13-15)24-14-16-7-5-4-6-8-16/h4-10,13H,11-12,14H2,1-3H3,(H,22,23). The highest BCUT2D eigenvalue weighted by Crippen LogP contribution is 2.27. The number of carbonyl (C=O) groups is 1. The van der Waals surface area contributed by atoms with Gasteiger partial charge in [-0.2, -0.15) is 0 Å². The lowest BCUT2D eigenvalue weighted by Crippen LogP contribution is -2.33. The Bertz CT molecular complexity index is 696. The van der Waals surface area contributed by atoms with Crippen molar-refractivity contribution in [3.05, 3.63) is 64.1 Å². The minimum atomic E-state index is -0.486. The van der Waals surface area contributed by atoms with Gasteiger partial charge in [-0.1, -0.05) is 36.4 Å². The van der Waals surface area contributed by atoms with Crippen LogP contribution in [0.3, 0.4) is 0 Å². The summed E-state index contributed by atoms with van der Waals surface area (Å²) in [5.41, 5.74) is 1.72. The Kier molecular flexibility index (Phi) is 6.88. The summed E-state index contributed by atoms with van der Waals surface area (Å²) in [5.74, 6) is 0.790. The molecule has 0 heterocycles. The molecule has 0 aliphatic rings. The summed E-state index contributed by atoms with van der Waals surface area (Å²) in [6, 6.07) is 16.0. The molecule has 0 spiro atoms. The number of hydrogen-bond donors (Lipinski definition) is 1. The fourth-order valence-corrected chi connectivity index (χ4v) is 2.53. The van der Waals surface area contributed by atoms with E-state index in [-0.39, 0.29) is 0 Å². The second-order valence-corrected chi connectivity index (χ2v) is 7.57. The van der Waals surface area contributed by atoms with Crippen molar-refractivity contribution in [2.45, 2.75) is 39.4 Å². The maximum atomic E-state index is 11.7. The number of amides is 1. The predicted octanol–water partition coefficient (Wildman–Crippen LogP) is 5.10. The third-order valence-electron chi connectivity index (χ3n) is 3.31.